The molecule has 0 spiro atoms. The lowest BCUT2D eigenvalue weighted by atomic mass is 9.65. The van der Waals surface area contributed by atoms with Crippen molar-refractivity contribution < 1.29 is 35.8 Å². The molecule has 8 heteroatoms. The Morgan fingerprint density at radius 2 is 1.42 bits per heavy atom. The van der Waals surface area contributed by atoms with E-state index in [-0.39, 0.29) is 5.92 Å². The predicted molar refractivity (Wildman–Crippen MR) is 79.9 cm³/mol. The monoisotopic (exact) mass is 386 g/mol. The maximum absolute atomic E-state index is 13.6. The predicted octanol–water partition coefficient (Wildman–Crippen LogP) is 5.18. The molecule has 0 radical (unpaired) electrons. The fraction of sp³-hybridized carbons (Fsp3) is 1.00. The molecule has 4 bridgehead atoms. The average molecular weight is 386 g/mol. The largest absolute Gasteiger partial charge is 0.426 e. The fourth-order valence-corrected chi connectivity index (χ4v) is 7.08. The van der Waals surface area contributed by atoms with Crippen molar-refractivity contribution in [1.29, 1.82) is 0 Å². The fourth-order valence-electron chi connectivity index (χ4n) is 7.08. The van der Waals surface area contributed by atoms with Crippen molar-refractivity contribution in [3.8, 4) is 0 Å². The van der Waals surface area contributed by atoms with E-state index in [9.17, 15) is 26.3 Å². The topological polar surface area (TPSA) is 18.5 Å². The van der Waals surface area contributed by atoms with Crippen LogP contribution in [0.5, 0.6) is 0 Å². The molecule has 0 aromatic heterocycles. The first kappa shape index (κ1) is 18.8. The highest BCUT2D eigenvalue weighted by Gasteiger charge is 2.74. The lowest BCUT2D eigenvalue weighted by Gasteiger charge is -2.43. The third-order valence-corrected chi connectivity index (χ3v) is 7.76. The molecule has 4 saturated carbocycles. The standard InChI is InChI=1S/C18H24F6O2/c1-25-8-26-16(17(19,20)21,18(22,23)24)7-12-5-11-6-13(12)15-10-3-2-9(4-10)14(11)15/h9-15H,2-8H2,1H3. The normalized spacial score (nSPS) is 41.9. The smallest absolute Gasteiger partial charge is 0.359 e. The molecule has 0 heterocycles. The lowest BCUT2D eigenvalue weighted by molar-refractivity contribution is -0.397. The number of hydrogen-bond donors (Lipinski definition) is 0. The van der Waals surface area contributed by atoms with Gasteiger partial charge in [-0.2, -0.15) is 26.3 Å². The Labute approximate surface area is 148 Å². The Morgan fingerprint density at radius 3 is 2.00 bits per heavy atom. The van der Waals surface area contributed by atoms with E-state index in [1.165, 1.54) is 6.42 Å². The molecule has 26 heavy (non-hydrogen) atoms. The number of methoxy groups -OCH3 is 1. The van der Waals surface area contributed by atoms with Gasteiger partial charge in [0.15, 0.2) is 0 Å². The summed E-state index contributed by atoms with van der Waals surface area (Å²) in [4.78, 5) is 0. The van der Waals surface area contributed by atoms with E-state index < -0.39 is 37.1 Å². The molecule has 150 valence electrons. The van der Waals surface area contributed by atoms with Crippen LogP contribution in [0.2, 0.25) is 0 Å². The van der Waals surface area contributed by atoms with E-state index >= 15 is 0 Å². The average Bonchev–Trinajstić information content (AvgIpc) is 3.26. The van der Waals surface area contributed by atoms with Crippen LogP contribution in [0.3, 0.4) is 0 Å². The summed E-state index contributed by atoms with van der Waals surface area (Å²) in [5.41, 5.74) is -4.14. The van der Waals surface area contributed by atoms with Crippen molar-refractivity contribution in [2.75, 3.05) is 13.9 Å². The molecular weight excluding hydrogens is 362 g/mol. The van der Waals surface area contributed by atoms with Gasteiger partial charge in [-0.25, -0.2) is 0 Å². The second-order valence-corrected chi connectivity index (χ2v) is 8.72. The number of alkyl halides is 6. The van der Waals surface area contributed by atoms with Gasteiger partial charge in [-0.1, -0.05) is 0 Å². The molecule has 4 aliphatic rings. The zero-order chi connectivity index (χ0) is 18.9. The molecule has 0 aliphatic heterocycles. The Hall–Kier alpha value is -0.500. The van der Waals surface area contributed by atoms with Crippen LogP contribution in [0, 0.1) is 41.4 Å². The first-order chi connectivity index (χ1) is 12.1. The molecule has 0 amide bonds. The highest BCUT2D eigenvalue weighted by atomic mass is 19.4. The summed E-state index contributed by atoms with van der Waals surface area (Å²) in [7, 11) is 1.02. The van der Waals surface area contributed by atoms with Gasteiger partial charge in [0.2, 0.25) is 0 Å². The van der Waals surface area contributed by atoms with E-state index in [4.69, 9.17) is 0 Å². The summed E-state index contributed by atoms with van der Waals surface area (Å²) in [6, 6.07) is 0. The van der Waals surface area contributed by atoms with Gasteiger partial charge in [-0.05, 0) is 80.0 Å². The van der Waals surface area contributed by atoms with Crippen molar-refractivity contribution in [2.45, 2.75) is 56.5 Å². The Balaban J connectivity index is 1.59. The van der Waals surface area contributed by atoms with E-state index in [1.807, 2.05) is 0 Å². The van der Waals surface area contributed by atoms with Gasteiger partial charge in [0.25, 0.3) is 5.60 Å². The SMILES string of the molecule is COCOC(CC1CC2CC1C1C3CCC(C3)C21)(C(F)(F)F)C(F)(F)F. The Bertz CT molecular complexity index is 531. The third-order valence-electron chi connectivity index (χ3n) is 7.76. The van der Waals surface area contributed by atoms with Gasteiger partial charge < -0.3 is 9.47 Å². The van der Waals surface area contributed by atoms with Gasteiger partial charge in [0, 0.05) is 7.11 Å². The zero-order valence-electron chi connectivity index (χ0n) is 14.6. The Morgan fingerprint density at radius 1 is 0.808 bits per heavy atom. The van der Waals surface area contributed by atoms with E-state index in [0.717, 1.165) is 26.4 Å². The quantitative estimate of drug-likeness (QED) is 0.368. The molecular formula is C18H24F6O2. The molecule has 4 fully saturated rings. The first-order valence-electron chi connectivity index (χ1n) is 9.35. The molecule has 0 aromatic carbocycles. The van der Waals surface area contributed by atoms with Crippen LogP contribution in [-0.2, 0) is 9.47 Å². The summed E-state index contributed by atoms with van der Waals surface area (Å²) in [5.74, 6) is 1.73. The van der Waals surface area contributed by atoms with E-state index in [2.05, 4.69) is 9.47 Å². The van der Waals surface area contributed by atoms with Crippen LogP contribution in [0.25, 0.3) is 0 Å². The van der Waals surface area contributed by atoms with E-state index in [0.29, 0.717) is 36.0 Å². The number of rotatable bonds is 5. The molecule has 0 N–H and O–H groups in total. The minimum absolute atomic E-state index is 0.0180. The second kappa shape index (κ2) is 6.00. The molecule has 4 aliphatic carbocycles. The van der Waals surface area contributed by atoms with Crippen molar-refractivity contribution in [3.05, 3.63) is 0 Å². The van der Waals surface area contributed by atoms with Crippen molar-refractivity contribution in [3.63, 3.8) is 0 Å². The molecule has 4 rings (SSSR count). The molecule has 7 atom stereocenters. The van der Waals surface area contributed by atoms with Gasteiger partial charge in [0.1, 0.15) is 6.79 Å². The number of fused-ring (bicyclic) bond motifs is 9. The molecule has 0 saturated heterocycles. The van der Waals surface area contributed by atoms with Crippen LogP contribution in [-0.4, -0.2) is 31.9 Å². The van der Waals surface area contributed by atoms with Crippen LogP contribution < -0.4 is 0 Å². The summed E-state index contributed by atoms with van der Waals surface area (Å²) in [5, 5.41) is 0. The van der Waals surface area contributed by atoms with Crippen molar-refractivity contribution in [1.82, 2.24) is 0 Å². The van der Waals surface area contributed by atoms with Crippen LogP contribution in [0.1, 0.15) is 38.5 Å². The minimum Gasteiger partial charge on any atom is -0.359 e. The molecule has 7 unspecified atom stereocenters. The number of halogens is 6. The van der Waals surface area contributed by atoms with Crippen molar-refractivity contribution in [2.24, 2.45) is 41.4 Å². The van der Waals surface area contributed by atoms with Crippen LogP contribution >= 0.6 is 0 Å². The Kier molecular flexibility index (Phi) is 4.35. The molecule has 2 nitrogen and oxygen atoms in total. The van der Waals surface area contributed by atoms with Gasteiger partial charge in [-0.15, -0.1) is 0 Å². The zero-order valence-corrected chi connectivity index (χ0v) is 14.6. The number of ether oxygens (including phenoxy) is 2. The van der Waals surface area contributed by atoms with Gasteiger partial charge in [-0.3, -0.25) is 0 Å². The lowest BCUT2D eigenvalue weighted by Crippen LogP contribution is -2.60. The first-order valence-corrected chi connectivity index (χ1v) is 9.35. The van der Waals surface area contributed by atoms with Crippen LogP contribution in [0.15, 0.2) is 0 Å². The van der Waals surface area contributed by atoms with Gasteiger partial charge in [0.05, 0.1) is 0 Å². The summed E-state index contributed by atoms with van der Waals surface area (Å²) in [6.45, 7) is -1.03. The highest BCUT2D eigenvalue weighted by molar-refractivity contribution is 5.12. The minimum atomic E-state index is -5.53. The highest BCUT2D eigenvalue weighted by Crippen LogP contribution is 2.70. The van der Waals surface area contributed by atoms with Crippen molar-refractivity contribution >= 4 is 0 Å². The molecule has 0 aromatic rings. The summed E-state index contributed by atoms with van der Waals surface area (Å²) < 4.78 is 90.4. The maximum Gasteiger partial charge on any atom is 0.426 e. The third kappa shape index (κ3) is 2.54. The van der Waals surface area contributed by atoms with Crippen LogP contribution in [0.4, 0.5) is 26.3 Å². The summed E-state index contributed by atoms with van der Waals surface area (Å²) >= 11 is 0. The summed E-state index contributed by atoms with van der Waals surface area (Å²) in [6.07, 6.45) is -7.43. The second-order valence-electron chi connectivity index (χ2n) is 8.72. The maximum atomic E-state index is 13.6. The van der Waals surface area contributed by atoms with E-state index in [1.54, 1.807) is 0 Å². The number of hydrogen-bond acceptors (Lipinski definition) is 2. The van der Waals surface area contributed by atoms with Gasteiger partial charge >= 0.3 is 12.4 Å².